The van der Waals surface area contributed by atoms with Crippen LogP contribution in [0.3, 0.4) is 0 Å². The molecule has 0 radical (unpaired) electrons. The van der Waals surface area contributed by atoms with Crippen LogP contribution in [0.15, 0.2) is 36.4 Å². The molecule has 1 N–H and O–H groups in total. The van der Waals surface area contributed by atoms with Crippen LogP contribution in [0, 0.1) is 11.8 Å². The Morgan fingerprint density at radius 2 is 2.07 bits per heavy atom. The summed E-state index contributed by atoms with van der Waals surface area (Å²) in [7, 11) is 0. The summed E-state index contributed by atoms with van der Waals surface area (Å²) in [4.78, 5) is 0. The average Bonchev–Trinajstić information content (AvgIpc) is 2.25. The van der Waals surface area contributed by atoms with Gasteiger partial charge in [0.25, 0.3) is 0 Å². The van der Waals surface area contributed by atoms with E-state index in [0.717, 1.165) is 5.56 Å². The van der Waals surface area contributed by atoms with E-state index in [0.29, 0.717) is 6.42 Å². The van der Waals surface area contributed by atoms with Crippen LogP contribution in [-0.2, 0) is 0 Å². The molecule has 1 aromatic carbocycles. The molecule has 14 heavy (non-hydrogen) atoms. The van der Waals surface area contributed by atoms with Crippen molar-refractivity contribution in [1.82, 2.24) is 0 Å². The Bertz CT molecular complexity index is 340. The smallest absolute Gasteiger partial charge is 0.114 e. The number of benzene rings is 1. The van der Waals surface area contributed by atoms with E-state index in [1.54, 1.807) is 6.08 Å². The highest BCUT2D eigenvalue weighted by Gasteiger charge is 1.88. The Morgan fingerprint density at radius 3 is 2.71 bits per heavy atom. The van der Waals surface area contributed by atoms with E-state index < -0.39 is 6.10 Å². The van der Waals surface area contributed by atoms with Gasteiger partial charge in [0.2, 0.25) is 0 Å². The predicted molar refractivity (Wildman–Crippen MR) is 59.5 cm³/mol. The maximum atomic E-state index is 9.15. The van der Waals surface area contributed by atoms with Gasteiger partial charge in [-0.3, -0.25) is 0 Å². The lowest BCUT2D eigenvalue weighted by Gasteiger charge is -1.92. The molecule has 72 valence electrons. The molecule has 0 fully saturated rings. The Morgan fingerprint density at radius 1 is 1.36 bits per heavy atom. The Labute approximate surface area is 85.1 Å². The van der Waals surface area contributed by atoms with Crippen molar-refractivity contribution in [1.29, 1.82) is 0 Å². The normalized spacial score (nSPS) is 12.1. The van der Waals surface area contributed by atoms with Gasteiger partial charge in [-0.2, -0.15) is 0 Å². The van der Waals surface area contributed by atoms with Gasteiger partial charge in [0.1, 0.15) is 6.10 Å². The third kappa shape index (κ3) is 3.93. The van der Waals surface area contributed by atoms with Crippen LogP contribution in [-0.4, -0.2) is 11.2 Å². The van der Waals surface area contributed by atoms with Crippen LogP contribution in [0.2, 0.25) is 0 Å². The Balaban J connectivity index is 2.52. The lowest BCUT2D eigenvalue weighted by Crippen LogP contribution is -1.98. The zero-order chi connectivity index (χ0) is 10.2. The van der Waals surface area contributed by atoms with E-state index in [1.165, 1.54) is 0 Å². The first kappa shape index (κ1) is 10.6. The fourth-order valence-corrected chi connectivity index (χ4v) is 0.948. The van der Waals surface area contributed by atoms with E-state index >= 15 is 0 Å². The summed E-state index contributed by atoms with van der Waals surface area (Å²) < 4.78 is 0. The topological polar surface area (TPSA) is 20.2 Å². The number of rotatable bonds is 2. The summed E-state index contributed by atoms with van der Waals surface area (Å²) in [6, 6.07) is 9.95. The van der Waals surface area contributed by atoms with Gasteiger partial charge in [-0.05, 0) is 24.1 Å². The molecule has 0 aliphatic heterocycles. The van der Waals surface area contributed by atoms with Crippen molar-refractivity contribution in [3.05, 3.63) is 42.0 Å². The average molecular weight is 186 g/mol. The standard InChI is InChI=1S/C13H14O/c1-2-13(14)11-7-6-10-12-8-4-3-5-9-12/h3-6,8-10,13-14H,2H2,1H3/b10-6+. The fourth-order valence-electron chi connectivity index (χ4n) is 0.948. The van der Waals surface area contributed by atoms with Gasteiger partial charge in [-0.1, -0.05) is 49.1 Å². The molecule has 0 aromatic heterocycles. The fraction of sp³-hybridized carbons (Fsp3) is 0.231. The monoisotopic (exact) mass is 186 g/mol. The third-order valence-corrected chi connectivity index (χ3v) is 1.80. The van der Waals surface area contributed by atoms with Gasteiger partial charge in [0.15, 0.2) is 0 Å². The molecule has 1 heteroatoms. The van der Waals surface area contributed by atoms with E-state index in [1.807, 2.05) is 43.3 Å². The minimum absolute atomic E-state index is 0.504. The molecule has 0 saturated carbocycles. The molecule has 0 aliphatic rings. The molecular formula is C13H14O. The summed E-state index contributed by atoms with van der Waals surface area (Å²) in [5, 5.41) is 9.15. The van der Waals surface area contributed by atoms with E-state index in [9.17, 15) is 0 Å². The number of hydrogen-bond acceptors (Lipinski definition) is 1. The predicted octanol–water partition coefficient (Wildman–Crippen LogP) is 2.47. The zero-order valence-corrected chi connectivity index (χ0v) is 8.27. The maximum absolute atomic E-state index is 9.15. The van der Waals surface area contributed by atoms with Crippen molar-refractivity contribution < 1.29 is 5.11 Å². The SMILES string of the molecule is CCC(O)C#C/C=C/c1ccccc1. The lowest BCUT2D eigenvalue weighted by atomic mass is 10.2. The minimum atomic E-state index is -0.504. The molecule has 1 aromatic rings. The minimum Gasteiger partial charge on any atom is -0.380 e. The van der Waals surface area contributed by atoms with Gasteiger partial charge in [-0.25, -0.2) is 0 Å². The van der Waals surface area contributed by atoms with Crippen molar-refractivity contribution in [2.24, 2.45) is 0 Å². The first-order valence-corrected chi connectivity index (χ1v) is 4.73. The van der Waals surface area contributed by atoms with E-state index in [4.69, 9.17) is 5.11 Å². The quantitative estimate of drug-likeness (QED) is 0.703. The van der Waals surface area contributed by atoms with Crippen molar-refractivity contribution >= 4 is 6.08 Å². The first-order chi connectivity index (χ1) is 6.83. The highest BCUT2D eigenvalue weighted by molar-refractivity contribution is 5.52. The van der Waals surface area contributed by atoms with Gasteiger partial charge in [-0.15, -0.1) is 0 Å². The molecule has 0 bridgehead atoms. The van der Waals surface area contributed by atoms with Crippen LogP contribution in [0.5, 0.6) is 0 Å². The summed E-state index contributed by atoms with van der Waals surface area (Å²) >= 11 is 0. The molecular weight excluding hydrogens is 172 g/mol. The van der Waals surface area contributed by atoms with Gasteiger partial charge >= 0.3 is 0 Å². The van der Waals surface area contributed by atoms with Crippen molar-refractivity contribution in [2.45, 2.75) is 19.4 Å². The molecule has 0 saturated heterocycles. The van der Waals surface area contributed by atoms with Crippen LogP contribution in [0.4, 0.5) is 0 Å². The molecule has 0 spiro atoms. The Kier molecular flexibility index (Phi) is 4.54. The summed E-state index contributed by atoms with van der Waals surface area (Å²) in [6.07, 6.45) is 3.85. The van der Waals surface area contributed by atoms with Crippen LogP contribution in [0.25, 0.3) is 6.08 Å². The maximum Gasteiger partial charge on any atom is 0.114 e. The van der Waals surface area contributed by atoms with E-state index in [-0.39, 0.29) is 0 Å². The summed E-state index contributed by atoms with van der Waals surface area (Å²) in [6.45, 7) is 1.90. The number of aliphatic hydroxyl groups is 1. The van der Waals surface area contributed by atoms with Crippen LogP contribution in [0.1, 0.15) is 18.9 Å². The molecule has 1 rings (SSSR count). The Hall–Kier alpha value is -1.52. The highest BCUT2D eigenvalue weighted by atomic mass is 16.3. The molecule has 1 unspecified atom stereocenters. The number of hydrogen-bond donors (Lipinski definition) is 1. The second-order valence-corrected chi connectivity index (χ2v) is 2.96. The zero-order valence-electron chi connectivity index (χ0n) is 8.27. The van der Waals surface area contributed by atoms with Crippen LogP contribution >= 0.6 is 0 Å². The molecule has 1 atom stereocenters. The molecule has 0 aliphatic carbocycles. The van der Waals surface area contributed by atoms with Crippen molar-refractivity contribution in [2.75, 3.05) is 0 Å². The largest absolute Gasteiger partial charge is 0.380 e. The van der Waals surface area contributed by atoms with Gasteiger partial charge < -0.3 is 5.11 Å². The second-order valence-electron chi connectivity index (χ2n) is 2.96. The number of allylic oxidation sites excluding steroid dienone is 1. The van der Waals surface area contributed by atoms with Gasteiger partial charge in [0.05, 0.1) is 0 Å². The third-order valence-electron chi connectivity index (χ3n) is 1.80. The van der Waals surface area contributed by atoms with Crippen LogP contribution < -0.4 is 0 Å². The van der Waals surface area contributed by atoms with Crippen molar-refractivity contribution in [3.63, 3.8) is 0 Å². The summed E-state index contributed by atoms with van der Waals surface area (Å²) in [5.74, 6) is 5.53. The molecule has 0 amide bonds. The summed E-state index contributed by atoms with van der Waals surface area (Å²) in [5.41, 5.74) is 1.12. The van der Waals surface area contributed by atoms with E-state index in [2.05, 4.69) is 11.8 Å². The second kappa shape index (κ2) is 6.01. The molecule has 1 nitrogen and oxygen atoms in total. The molecule has 0 heterocycles. The first-order valence-electron chi connectivity index (χ1n) is 4.73. The van der Waals surface area contributed by atoms with Gasteiger partial charge in [0, 0.05) is 0 Å². The number of aliphatic hydroxyl groups excluding tert-OH is 1. The van der Waals surface area contributed by atoms with Crippen molar-refractivity contribution in [3.8, 4) is 11.8 Å². The highest BCUT2D eigenvalue weighted by Crippen LogP contribution is 1.99. The lowest BCUT2D eigenvalue weighted by molar-refractivity contribution is 0.228.